The van der Waals surface area contributed by atoms with Crippen LogP contribution in [0.3, 0.4) is 0 Å². The quantitative estimate of drug-likeness (QED) is 0.158. The molecule has 0 bridgehead atoms. The second-order valence-electron chi connectivity index (χ2n) is 10.6. The van der Waals surface area contributed by atoms with Crippen LogP contribution in [0.2, 0.25) is 13.1 Å². The fourth-order valence-corrected chi connectivity index (χ4v) is 4.47. The zero-order valence-corrected chi connectivity index (χ0v) is 28.9. The van der Waals surface area contributed by atoms with Crippen LogP contribution in [-0.4, -0.2) is 5.43 Å². The Morgan fingerprint density at radius 2 is 1.06 bits per heavy atom. The summed E-state index contributed by atoms with van der Waals surface area (Å²) in [5, 5.41) is 5.81. The number of benzene rings is 2. The number of halogens is 2. The fourth-order valence-electron chi connectivity index (χ4n) is 4.47. The second kappa shape index (κ2) is 14.5. The van der Waals surface area contributed by atoms with Crippen molar-refractivity contribution in [3.8, 4) is 0 Å². The Kier molecular flexibility index (Phi) is 12.7. The van der Waals surface area contributed by atoms with E-state index in [9.17, 15) is 0 Å². The van der Waals surface area contributed by atoms with Crippen LogP contribution in [0.4, 0.5) is 0 Å². The monoisotopic (exact) mass is 616 g/mol. The van der Waals surface area contributed by atoms with Crippen molar-refractivity contribution in [2.45, 2.75) is 93.2 Å². The molecule has 0 unspecified atom stereocenters. The summed E-state index contributed by atoms with van der Waals surface area (Å²) in [6, 6.07) is 18.5. The van der Waals surface area contributed by atoms with Crippen molar-refractivity contribution in [1.29, 1.82) is 0 Å². The Morgan fingerprint density at radius 3 is 1.31 bits per heavy atom. The van der Waals surface area contributed by atoms with Gasteiger partial charge < -0.3 is 0 Å². The molecule has 0 atom stereocenters. The third-order valence-electron chi connectivity index (χ3n) is 6.84. The zero-order chi connectivity index (χ0) is 27.2. The molecule has 4 aromatic rings. The molecule has 0 spiro atoms. The summed E-state index contributed by atoms with van der Waals surface area (Å²) < 4.78 is 0. The number of hydrogen-bond acceptors (Lipinski definition) is 0. The normalized spacial score (nSPS) is 10.9. The molecule has 4 rings (SSSR count). The van der Waals surface area contributed by atoms with E-state index < -0.39 is 18.0 Å². The molecule has 0 N–H and O–H groups in total. The predicted octanol–water partition coefficient (Wildman–Crippen LogP) is 11.3. The molecule has 0 aliphatic carbocycles. The topological polar surface area (TPSA) is 0 Å². The Bertz CT molecular complexity index is 1210. The molecular formula is C32H44Cl2SiZr-2. The summed E-state index contributed by atoms with van der Waals surface area (Å²) in [5.41, 5.74) is 8.45. The molecule has 0 aliphatic heterocycles. The van der Waals surface area contributed by atoms with Gasteiger partial charge in [-0.15, -0.1) is 68.1 Å². The molecule has 0 aromatic heterocycles. The van der Waals surface area contributed by atoms with Crippen LogP contribution >= 0.6 is 17.0 Å². The van der Waals surface area contributed by atoms with Crippen molar-refractivity contribution in [1.82, 2.24) is 0 Å². The fraction of sp³-hybridized carbons (Fsp3) is 0.438. The molecule has 0 aliphatic rings. The van der Waals surface area contributed by atoms with Gasteiger partial charge in [-0.2, -0.15) is 12.1 Å². The van der Waals surface area contributed by atoms with Gasteiger partial charge in [0.25, 0.3) is 0 Å². The molecule has 0 saturated heterocycles. The Balaban J connectivity index is 0.000000208. The van der Waals surface area contributed by atoms with Crippen LogP contribution in [-0.2, 0) is 30.8 Å². The maximum absolute atomic E-state index is 5.62. The van der Waals surface area contributed by atoms with Gasteiger partial charge >= 0.3 is 53.5 Å². The second-order valence-corrected chi connectivity index (χ2v) is 33.6. The molecule has 196 valence electrons. The molecule has 36 heavy (non-hydrogen) atoms. The van der Waals surface area contributed by atoms with Crippen molar-refractivity contribution >= 4 is 44.0 Å². The first-order valence-electron chi connectivity index (χ1n) is 13.3. The van der Waals surface area contributed by atoms with Crippen LogP contribution in [0.15, 0.2) is 48.5 Å². The number of hydrogen-bond donors (Lipinski definition) is 0. The van der Waals surface area contributed by atoms with Crippen LogP contribution in [0.1, 0.15) is 86.8 Å². The van der Waals surface area contributed by atoms with Crippen LogP contribution in [0.5, 0.6) is 0 Å². The van der Waals surface area contributed by atoms with E-state index in [4.69, 9.17) is 17.0 Å². The van der Waals surface area contributed by atoms with Crippen molar-refractivity contribution in [3.05, 3.63) is 81.9 Å². The van der Waals surface area contributed by atoms with Gasteiger partial charge in [-0.1, -0.05) is 78.6 Å². The number of rotatable bonds is 4. The standard InChI is InChI=1S/2C15H19.C2H6Si.2ClH.Zr/c2*1-5-12-8-14-11(4)6-7-13(10(2)3)15(14)9-12;1-3-2;;;/h2*6-10H,5H2,1-4H3;1-2H3;2*1H;/q2*-1;;;;+2/p-2. The summed E-state index contributed by atoms with van der Waals surface area (Å²) >= 11 is -1.65. The average molecular weight is 619 g/mol. The van der Waals surface area contributed by atoms with E-state index in [1.54, 1.807) is 0 Å². The van der Waals surface area contributed by atoms with E-state index in [0.29, 0.717) is 11.8 Å². The molecule has 0 saturated carbocycles. The molecule has 0 radical (unpaired) electrons. The van der Waals surface area contributed by atoms with Crippen molar-refractivity contribution in [2.24, 2.45) is 0 Å². The van der Waals surface area contributed by atoms with Gasteiger partial charge in [0.05, 0.1) is 0 Å². The average Bonchev–Trinajstić information content (AvgIpc) is 3.45. The number of aryl methyl sites for hydroxylation is 4. The summed E-state index contributed by atoms with van der Waals surface area (Å²) in [7, 11) is 11.2. The van der Waals surface area contributed by atoms with Crippen LogP contribution in [0.25, 0.3) is 21.5 Å². The van der Waals surface area contributed by atoms with Gasteiger partial charge in [-0.05, 0) is 24.7 Å². The molecule has 0 amide bonds. The van der Waals surface area contributed by atoms with E-state index in [1.807, 2.05) is 0 Å². The van der Waals surface area contributed by atoms with Crippen molar-refractivity contribution < 1.29 is 18.0 Å². The summed E-state index contributed by atoms with van der Waals surface area (Å²) in [6.07, 6.45) is 2.26. The van der Waals surface area contributed by atoms with E-state index in [2.05, 4.69) is 117 Å². The Labute approximate surface area is 235 Å². The van der Waals surface area contributed by atoms with Gasteiger partial charge in [-0.3, -0.25) is 0 Å². The van der Waals surface area contributed by atoms with E-state index in [-0.39, 0.29) is 5.43 Å². The molecule has 4 aromatic carbocycles. The minimum absolute atomic E-state index is 0.224. The first kappa shape index (κ1) is 31.6. The predicted molar refractivity (Wildman–Crippen MR) is 165 cm³/mol. The molecule has 0 fully saturated rings. The SMILES string of the molecule is CCc1cc2c(C(C)C)ccc(C)c2[cH-]1.CCc1cc2c(C(C)C)ccc(C)c2[cH-]1.C[Si](C)=[Zr]([Cl])[Cl]. The van der Waals surface area contributed by atoms with Crippen LogP contribution in [0, 0.1) is 13.8 Å². The van der Waals surface area contributed by atoms with Gasteiger partial charge in [-0.25, -0.2) is 0 Å². The first-order chi connectivity index (χ1) is 16.9. The summed E-state index contributed by atoms with van der Waals surface area (Å²) in [4.78, 5) is 0. The van der Waals surface area contributed by atoms with Gasteiger partial charge in [0.2, 0.25) is 0 Å². The van der Waals surface area contributed by atoms with Gasteiger partial charge in [0, 0.05) is 0 Å². The van der Waals surface area contributed by atoms with Gasteiger partial charge in [0.1, 0.15) is 0 Å². The Morgan fingerprint density at radius 1 is 0.722 bits per heavy atom. The van der Waals surface area contributed by atoms with Crippen molar-refractivity contribution in [2.75, 3.05) is 0 Å². The maximum atomic E-state index is 5.62. The van der Waals surface area contributed by atoms with Crippen molar-refractivity contribution in [3.63, 3.8) is 0 Å². The number of fused-ring (bicyclic) bond motifs is 2. The third-order valence-corrected chi connectivity index (χ3v) is 26.6. The molecular weight excluding hydrogens is 575 g/mol. The third kappa shape index (κ3) is 8.17. The van der Waals surface area contributed by atoms with E-state index in [0.717, 1.165) is 12.8 Å². The molecule has 0 nitrogen and oxygen atoms in total. The molecule has 0 heterocycles. The Hall–Kier alpha value is -0.660. The van der Waals surface area contributed by atoms with Crippen LogP contribution < -0.4 is 0 Å². The summed E-state index contributed by atoms with van der Waals surface area (Å²) in [5.74, 6) is 1.22. The van der Waals surface area contributed by atoms with E-state index in [1.165, 1.54) is 54.9 Å². The van der Waals surface area contributed by atoms with E-state index >= 15 is 0 Å². The molecule has 4 heteroatoms. The summed E-state index contributed by atoms with van der Waals surface area (Å²) in [6.45, 7) is 22.2. The van der Waals surface area contributed by atoms with Gasteiger partial charge in [0.15, 0.2) is 0 Å². The zero-order valence-electron chi connectivity index (χ0n) is 23.9. The minimum atomic E-state index is -1.65. The first-order valence-corrected chi connectivity index (χ1v) is 25.8.